The van der Waals surface area contributed by atoms with Crippen LogP contribution in [0.25, 0.3) is 0 Å². The van der Waals surface area contributed by atoms with Gasteiger partial charge >= 0.3 is 5.69 Å². The molecule has 1 aromatic heterocycles. The molecule has 2 aromatic carbocycles. The largest absolute Gasteiger partial charge is 0.481 e. The van der Waals surface area contributed by atoms with E-state index in [2.05, 4.69) is 4.98 Å². The number of nitrogen functional groups attached to an aromatic ring is 1. The van der Waals surface area contributed by atoms with Gasteiger partial charge < -0.3 is 15.4 Å². The minimum Gasteiger partial charge on any atom is -0.481 e. The molecule has 0 spiro atoms. The summed E-state index contributed by atoms with van der Waals surface area (Å²) in [7, 11) is 0. The van der Waals surface area contributed by atoms with Crippen LogP contribution in [0.4, 0.5) is 11.5 Å². The molecule has 1 amide bonds. The molecular weight excluding hydrogens is 444 g/mol. The third kappa shape index (κ3) is 6.01. The van der Waals surface area contributed by atoms with Crippen LogP contribution >= 0.6 is 0 Å². The first-order valence-corrected chi connectivity index (χ1v) is 11.8. The lowest BCUT2D eigenvalue weighted by Crippen LogP contribution is -2.46. The normalized spacial score (nSPS) is 11.9. The Kier molecular flexibility index (Phi) is 8.17. The lowest BCUT2D eigenvalue weighted by Gasteiger charge is -2.28. The molecule has 0 aliphatic carbocycles. The SMILES string of the molecule is Cc1cccc(OC(C)C(=O)N(CCC(C)C)c2c(N)n(Cc3ccccc3)c(=O)[nH]c2=O)c1C. The van der Waals surface area contributed by atoms with Gasteiger partial charge in [-0.25, -0.2) is 4.79 Å². The minimum atomic E-state index is -0.879. The second-order valence-electron chi connectivity index (χ2n) is 9.20. The molecule has 0 bridgehead atoms. The molecular formula is C27H34N4O4. The third-order valence-corrected chi connectivity index (χ3v) is 6.07. The average molecular weight is 479 g/mol. The van der Waals surface area contributed by atoms with Crippen LogP contribution in [0.3, 0.4) is 0 Å². The zero-order chi connectivity index (χ0) is 25.7. The van der Waals surface area contributed by atoms with Gasteiger partial charge in [-0.15, -0.1) is 0 Å². The van der Waals surface area contributed by atoms with E-state index in [-0.39, 0.29) is 30.5 Å². The Balaban J connectivity index is 2.02. The Hall–Kier alpha value is -3.81. The molecule has 1 unspecified atom stereocenters. The van der Waals surface area contributed by atoms with Crippen molar-refractivity contribution in [1.82, 2.24) is 9.55 Å². The van der Waals surface area contributed by atoms with Gasteiger partial charge in [0.25, 0.3) is 11.5 Å². The first-order valence-electron chi connectivity index (χ1n) is 11.8. The highest BCUT2D eigenvalue weighted by atomic mass is 16.5. The van der Waals surface area contributed by atoms with Gasteiger partial charge in [-0.2, -0.15) is 0 Å². The number of aryl methyl sites for hydroxylation is 1. The van der Waals surface area contributed by atoms with E-state index in [0.717, 1.165) is 16.7 Å². The number of carbonyl (C=O) groups is 1. The van der Waals surface area contributed by atoms with E-state index in [4.69, 9.17) is 10.5 Å². The Morgan fingerprint density at radius 2 is 1.74 bits per heavy atom. The standard InChI is InChI=1S/C27H34N4O4/c1-17(2)14-15-30(26(33)20(5)35-22-13-9-10-18(3)19(22)4)23-24(28)31(27(34)29-25(23)32)16-21-11-7-6-8-12-21/h6-13,17,20H,14-16,28H2,1-5H3,(H,29,32,34). The number of hydrogen-bond acceptors (Lipinski definition) is 5. The minimum absolute atomic E-state index is 0.0393. The molecule has 186 valence electrons. The number of nitrogens with zero attached hydrogens (tertiary/aromatic N) is 2. The van der Waals surface area contributed by atoms with E-state index < -0.39 is 23.3 Å². The van der Waals surface area contributed by atoms with E-state index in [9.17, 15) is 14.4 Å². The Labute approximate surface area is 205 Å². The quantitative estimate of drug-likeness (QED) is 0.488. The number of aromatic amines is 1. The van der Waals surface area contributed by atoms with E-state index in [1.165, 1.54) is 9.47 Å². The number of ether oxygens (including phenoxy) is 1. The van der Waals surface area contributed by atoms with Crippen LogP contribution in [0.1, 0.15) is 43.9 Å². The van der Waals surface area contributed by atoms with Crippen molar-refractivity contribution in [2.24, 2.45) is 5.92 Å². The first-order chi connectivity index (χ1) is 16.6. The molecule has 0 saturated carbocycles. The summed E-state index contributed by atoms with van der Waals surface area (Å²) in [6.45, 7) is 10.0. The summed E-state index contributed by atoms with van der Waals surface area (Å²) in [5, 5.41) is 0. The smallest absolute Gasteiger partial charge is 0.330 e. The fourth-order valence-electron chi connectivity index (χ4n) is 3.79. The lowest BCUT2D eigenvalue weighted by atomic mass is 10.1. The summed E-state index contributed by atoms with van der Waals surface area (Å²) in [6.07, 6.45) is -0.241. The fraction of sp³-hybridized carbons (Fsp3) is 0.370. The highest BCUT2D eigenvalue weighted by molar-refractivity contribution is 5.98. The molecule has 1 heterocycles. The van der Waals surface area contributed by atoms with Crippen LogP contribution in [-0.2, 0) is 11.3 Å². The van der Waals surface area contributed by atoms with E-state index in [0.29, 0.717) is 12.2 Å². The molecule has 1 atom stereocenters. The van der Waals surface area contributed by atoms with Gasteiger partial charge in [-0.3, -0.25) is 19.1 Å². The molecule has 0 saturated heterocycles. The molecule has 0 fully saturated rings. The van der Waals surface area contributed by atoms with Gasteiger partial charge in [0.1, 0.15) is 11.6 Å². The zero-order valence-electron chi connectivity index (χ0n) is 21.0. The number of rotatable bonds is 9. The van der Waals surface area contributed by atoms with Gasteiger partial charge in [0.05, 0.1) is 6.54 Å². The van der Waals surface area contributed by atoms with Crippen molar-refractivity contribution in [2.75, 3.05) is 17.2 Å². The second-order valence-corrected chi connectivity index (χ2v) is 9.20. The van der Waals surface area contributed by atoms with Crippen molar-refractivity contribution >= 4 is 17.4 Å². The summed E-state index contributed by atoms with van der Waals surface area (Å²) >= 11 is 0. The van der Waals surface area contributed by atoms with Crippen LogP contribution in [0.2, 0.25) is 0 Å². The van der Waals surface area contributed by atoms with Gasteiger partial charge in [0.15, 0.2) is 11.8 Å². The van der Waals surface area contributed by atoms with E-state index >= 15 is 0 Å². The van der Waals surface area contributed by atoms with Crippen LogP contribution in [0.15, 0.2) is 58.1 Å². The number of aromatic nitrogens is 2. The maximum atomic E-state index is 13.6. The highest BCUT2D eigenvalue weighted by Crippen LogP contribution is 2.24. The number of benzene rings is 2. The first kappa shape index (κ1) is 25.8. The molecule has 35 heavy (non-hydrogen) atoms. The third-order valence-electron chi connectivity index (χ3n) is 6.07. The molecule has 3 aromatic rings. The molecule has 8 heteroatoms. The average Bonchev–Trinajstić information content (AvgIpc) is 2.81. The Morgan fingerprint density at radius 3 is 2.40 bits per heavy atom. The van der Waals surface area contributed by atoms with Crippen molar-refractivity contribution in [3.63, 3.8) is 0 Å². The number of anilines is 2. The fourth-order valence-corrected chi connectivity index (χ4v) is 3.79. The predicted octanol–water partition coefficient (Wildman–Crippen LogP) is 3.63. The molecule has 0 radical (unpaired) electrons. The van der Waals surface area contributed by atoms with E-state index in [1.54, 1.807) is 6.92 Å². The number of carbonyl (C=O) groups excluding carboxylic acids is 1. The van der Waals surface area contributed by atoms with Gasteiger partial charge in [0, 0.05) is 6.54 Å². The summed E-state index contributed by atoms with van der Waals surface area (Å²) in [4.78, 5) is 42.9. The molecule has 0 aliphatic rings. The van der Waals surface area contributed by atoms with Crippen LogP contribution in [0, 0.1) is 19.8 Å². The summed E-state index contributed by atoms with van der Waals surface area (Å²) in [5.74, 6) is 0.411. The second kappa shape index (κ2) is 11.1. The number of nitrogens with one attached hydrogen (secondary N) is 1. The topological polar surface area (TPSA) is 110 Å². The van der Waals surface area contributed by atoms with Gasteiger partial charge in [0.2, 0.25) is 0 Å². The Morgan fingerprint density at radius 1 is 1.06 bits per heavy atom. The van der Waals surface area contributed by atoms with Crippen LogP contribution in [0.5, 0.6) is 5.75 Å². The zero-order valence-corrected chi connectivity index (χ0v) is 21.0. The summed E-state index contributed by atoms with van der Waals surface area (Å²) in [6, 6.07) is 15.0. The maximum absolute atomic E-state index is 13.6. The summed E-state index contributed by atoms with van der Waals surface area (Å²) < 4.78 is 7.29. The van der Waals surface area contributed by atoms with Gasteiger partial charge in [-0.1, -0.05) is 56.3 Å². The predicted molar refractivity (Wildman–Crippen MR) is 139 cm³/mol. The van der Waals surface area contributed by atoms with Gasteiger partial charge in [-0.05, 0) is 55.9 Å². The van der Waals surface area contributed by atoms with E-state index in [1.807, 2.05) is 76.2 Å². The number of H-pyrrole nitrogens is 1. The van der Waals surface area contributed by atoms with Crippen LogP contribution in [-0.4, -0.2) is 28.1 Å². The lowest BCUT2D eigenvalue weighted by molar-refractivity contribution is -0.124. The van der Waals surface area contributed by atoms with Crippen molar-refractivity contribution < 1.29 is 9.53 Å². The monoisotopic (exact) mass is 478 g/mol. The van der Waals surface area contributed by atoms with Crippen molar-refractivity contribution in [3.8, 4) is 5.75 Å². The van der Waals surface area contributed by atoms with Crippen molar-refractivity contribution in [1.29, 1.82) is 0 Å². The maximum Gasteiger partial charge on any atom is 0.330 e. The van der Waals surface area contributed by atoms with Crippen molar-refractivity contribution in [3.05, 3.63) is 86.1 Å². The molecule has 8 nitrogen and oxygen atoms in total. The highest BCUT2D eigenvalue weighted by Gasteiger charge is 2.29. The van der Waals surface area contributed by atoms with Crippen molar-refractivity contribution in [2.45, 2.75) is 53.7 Å². The number of hydrogen-bond donors (Lipinski definition) is 2. The molecule has 3 N–H and O–H groups in total. The summed E-state index contributed by atoms with van der Waals surface area (Å²) in [5.41, 5.74) is 7.84. The Bertz CT molecular complexity index is 1290. The van der Waals surface area contributed by atoms with Crippen LogP contribution < -0.4 is 26.6 Å². The number of nitrogens with two attached hydrogens (primary N) is 1. The number of amides is 1. The molecule has 0 aliphatic heterocycles. The molecule has 3 rings (SSSR count).